The minimum absolute atomic E-state index is 0.324. The average Bonchev–Trinajstić information content (AvgIpc) is 2.96. The van der Waals surface area contributed by atoms with Crippen molar-refractivity contribution in [3.63, 3.8) is 0 Å². The van der Waals surface area contributed by atoms with Crippen molar-refractivity contribution in [2.75, 3.05) is 6.54 Å². The molecule has 0 fully saturated rings. The Kier molecular flexibility index (Phi) is 5.46. The predicted octanol–water partition coefficient (Wildman–Crippen LogP) is 4.39. The summed E-state index contributed by atoms with van der Waals surface area (Å²) in [5.74, 6) is 0.905. The van der Waals surface area contributed by atoms with Gasteiger partial charge < -0.3 is 10.1 Å². The number of ether oxygens (including phenoxy) is 1. The van der Waals surface area contributed by atoms with Gasteiger partial charge in [0.1, 0.15) is 23.1 Å². The van der Waals surface area contributed by atoms with Crippen LogP contribution in [0.15, 0.2) is 41.0 Å². The highest BCUT2D eigenvalue weighted by Crippen LogP contribution is 2.30. The van der Waals surface area contributed by atoms with Gasteiger partial charge in [-0.25, -0.2) is 19.2 Å². The maximum absolute atomic E-state index is 14.1. The Bertz CT molecular complexity index is 967. The third kappa shape index (κ3) is 4.44. The lowest BCUT2D eigenvalue weighted by atomic mass is 10.2. The number of carbonyl (C=O) groups is 1. The lowest BCUT2D eigenvalue weighted by Gasteiger charge is -2.19. The number of amides is 1. The van der Waals surface area contributed by atoms with E-state index in [1.165, 1.54) is 6.07 Å². The molecule has 2 heterocycles. The van der Waals surface area contributed by atoms with Gasteiger partial charge in [0, 0.05) is 19.2 Å². The molecule has 0 aliphatic carbocycles. The Hall–Kier alpha value is -2.48. The zero-order valence-electron chi connectivity index (χ0n) is 15.3. The zero-order chi connectivity index (χ0) is 19.6. The lowest BCUT2D eigenvalue weighted by Crippen LogP contribution is -2.33. The fraction of sp³-hybridized carbons (Fsp3) is 0.316. The molecule has 0 saturated carbocycles. The Morgan fingerprint density at radius 1 is 1.30 bits per heavy atom. The Morgan fingerprint density at radius 3 is 2.74 bits per heavy atom. The van der Waals surface area contributed by atoms with E-state index in [1.54, 1.807) is 37.6 Å². The standard InChI is InChI=1S/C19H20BrFN4O2/c1-19(2,3)27-18(26)23-11-9-15-24-13-8-7-12(21)16(20)17(13)25(15)14-6-4-5-10-22-14/h4-8,10H,9,11H2,1-3H3,(H,23,26). The first kappa shape index (κ1) is 19.3. The van der Waals surface area contributed by atoms with Crippen LogP contribution in [0.2, 0.25) is 0 Å². The second-order valence-corrected chi connectivity index (χ2v) is 7.75. The van der Waals surface area contributed by atoms with Gasteiger partial charge in [-0.15, -0.1) is 0 Å². The van der Waals surface area contributed by atoms with E-state index < -0.39 is 11.7 Å². The number of alkyl carbamates (subject to hydrolysis) is 1. The number of pyridine rings is 1. The summed E-state index contributed by atoms with van der Waals surface area (Å²) in [5, 5.41) is 2.72. The number of halogens is 2. The number of imidazole rings is 1. The van der Waals surface area contributed by atoms with Crippen LogP contribution in [0.1, 0.15) is 26.6 Å². The molecule has 1 aromatic carbocycles. The van der Waals surface area contributed by atoms with Crippen molar-refractivity contribution in [2.24, 2.45) is 0 Å². The van der Waals surface area contributed by atoms with Gasteiger partial charge >= 0.3 is 6.09 Å². The molecule has 0 unspecified atom stereocenters. The Balaban J connectivity index is 1.91. The van der Waals surface area contributed by atoms with Crippen molar-refractivity contribution < 1.29 is 13.9 Å². The van der Waals surface area contributed by atoms with Gasteiger partial charge in [-0.1, -0.05) is 6.07 Å². The fourth-order valence-corrected chi connectivity index (χ4v) is 3.15. The normalized spacial score (nSPS) is 11.6. The fourth-order valence-electron chi connectivity index (χ4n) is 2.64. The maximum Gasteiger partial charge on any atom is 0.407 e. The molecule has 2 aromatic heterocycles. The van der Waals surface area contributed by atoms with E-state index in [0.29, 0.717) is 40.1 Å². The van der Waals surface area contributed by atoms with Crippen LogP contribution in [-0.2, 0) is 11.2 Å². The number of fused-ring (bicyclic) bond motifs is 1. The van der Waals surface area contributed by atoms with Gasteiger partial charge in [0.15, 0.2) is 0 Å². The van der Waals surface area contributed by atoms with Crippen molar-refractivity contribution in [1.82, 2.24) is 19.9 Å². The lowest BCUT2D eigenvalue weighted by molar-refractivity contribution is 0.0528. The number of benzene rings is 1. The summed E-state index contributed by atoms with van der Waals surface area (Å²) in [5.41, 5.74) is 0.676. The quantitative estimate of drug-likeness (QED) is 0.660. The number of nitrogens with one attached hydrogen (secondary N) is 1. The second-order valence-electron chi connectivity index (χ2n) is 6.96. The number of hydrogen-bond donors (Lipinski definition) is 1. The van der Waals surface area contributed by atoms with E-state index in [2.05, 4.69) is 31.2 Å². The van der Waals surface area contributed by atoms with Gasteiger partial charge in [-0.2, -0.15) is 0 Å². The summed E-state index contributed by atoms with van der Waals surface area (Å²) in [6.45, 7) is 5.74. The average molecular weight is 435 g/mol. The summed E-state index contributed by atoms with van der Waals surface area (Å²) < 4.78 is 21.4. The van der Waals surface area contributed by atoms with Gasteiger partial charge in [-0.05, 0) is 61.0 Å². The Morgan fingerprint density at radius 2 is 2.07 bits per heavy atom. The van der Waals surface area contributed by atoms with E-state index in [4.69, 9.17) is 4.74 Å². The number of aromatic nitrogens is 3. The third-order valence-corrected chi connectivity index (χ3v) is 4.43. The second kappa shape index (κ2) is 7.64. The van der Waals surface area contributed by atoms with Gasteiger partial charge in [0.25, 0.3) is 0 Å². The van der Waals surface area contributed by atoms with Crippen LogP contribution in [0.3, 0.4) is 0 Å². The van der Waals surface area contributed by atoms with Gasteiger partial charge in [0.05, 0.1) is 15.5 Å². The van der Waals surface area contributed by atoms with Crippen LogP contribution in [0.25, 0.3) is 16.9 Å². The molecule has 0 aliphatic rings. The van der Waals surface area contributed by atoms with E-state index >= 15 is 0 Å². The zero-order valence-corrected chi connectivity index (χ0v) is 16.9. The molecule has 0 atom stereocenters. The summed E-state index contributed by atoms with van der Waals surface area (Å²) in [7, 11) is 0. The first-order valence-corrected chi connectivity index (χ1v) is 9.29. The molecule has 27 heavy (non-hydrogen) atoms. The summed E-state index contributed by atoms with van der Waals surface area (Å²) in [6.07, 6.45) is 1.60. The molecule has 0 aliphatic heterocycles. The minimum Gasteiger partial charge on any atom is -0.444 e. The van der Waals surface area contributed by atoms with Crippen LogP contribution in [0.4, 0.5) is 9.18 Å². The van der Waals surface area contributed by atoms with Crippen LogP contribution in [0, 0.1) is 5.82 Å². The molecule has 142 valence electrons. The molecule has 0 saturated heterocycles. The SMILES string of the molecule is CC(C)(C)OC(=O)NCCc1nc2ccc(F)c(Br)c2n1-c1ccccn1. The van der Waals surface area contributed by atoms with E-state index in [-0.39, 0.29) is 5.82 Å². The molecular formula is C19H20BrFN4O2. The highest BCUT2D eigenvalue weighted by molar-refractivity contribution is 9.10. The van der Waals surface area contributed by atoms with Crippen molar-refractivity contribution >= 4 is 33.1 Å². The molecule has 1 amide bonds. The van der Waals surface area contributed by atoms with E-state index in [9.17, 15) is 9.18 Å². The number of rotatable bonds is 4. The van der Waals surface area contributed by atoms with Crippen LogP contribution < -0.4 is 5.32 Å². The van der Waals surface area contributed by atoms with Gasteiger partial charge in [0.2, 0.25) is 0 Å². The topological polar surface area (TPSA) is 69.0 Å². The van der Waals surface area contributed by atoms with Crippen LogP contribution in [0.5, 0.6) is 0 Å². The number of hydrogen-bond acceptors (Lipinski definition) is 4. The summed E-state index contributed by atoms with van der Waals surface area (Å²) in [4.78, 5) is 20.8. The highest BCUT2D eigenvalue weighted by Gasteiger charge is 2.19. The van der Waals surface area contributed by atoms with Crippen molar-refractivity contribution in [3.05, 3.63) is 52.6 Å². The van der Waals surface area contributed by atoms with Crippen LogP contribution in [-0.4, -0.2) is 32.8 Å². The molecule has 3 rings (SSSR count). The van der Waals surface area contributed by atoms with Crippen molar-refractivity contribution in [2.45, 2.75) is 32.8 Å². The first-order chi connectivity index (χ1) is 12.8. The minimum atomic E-state index is -0.562. The molecular weight excluding hydrogens is 415 g/mol. The largest absolute Gasteiger partial charge is 0.444 e. The van der Waals surface area contributed by atoms with Crippen molar-refractivity contribution in [1.29, 1.82) is 0 Å². The number of nitrogens with zero attached hydrogens (tertiary/aromatic N) is 3. The highest BCUT2D eigenvalue weighted by atomic mass is 79.9. The summed E-state index contributed by atoms with van der Waals surface area (Å²) in [6, 6.07) is 8.47. The Labute approximate surface area is 164 Å². The third-order valence-electron chi connectivity index (χ3n) is 3.67. The molecule has 0 radical (unpaired) electrons. The maximum atomic E-state index is 14.1. The van der Waals surface area contributed by atoms with Crippen molar-refractivity contribution in [3.8, 4) is 5.82 Å². The van der Waals surface area contributed by atoms with Crippen LogP contribution >= 0.6 is 15.9 Å². The monoisotopic (exact) mass is 434 g/mol. The smallest absolute Gasteiger partial charge is 0.407 e. The molecule has 0 spiro atoms. The first-order valence-electron chi connectivity index (χ1n) is 8.50. The van der Waals surface area contributed by atoms with Gasteiger partial charge in [-0.3, -0.25) is 4.57 Å². The molecule has 0 bridgehead atoms. The molecule has 3 aromatic rings. The molecule has 1 N–H and O–H groups in total. The van der Waals surface area contributed by atoms with E-state index in [0.717, 1.165) is 0 Å². The summed E-state index contributed by atoms with van der Waals surface area (Å²) >= 11 is 3.31. The van der Waals surface area contributed by atoms with E-state index in [1.807, 2.05) is 18.2 Å². The molecule has 6 nitrogen and oxygen atoms in total. The number of carbonyl (C=O) groups excluding carboxylic acids is 1. The molecule has 8 heteroatoms. The predicted molar refractivity (Wildman–Crippen MR) is 104 cm³/mol.